The summed E-state index contributed by atoms with van der Waals surface area (Å²) < 4.78 is 0. The number of hydrogen-bond acceptors (Lipinski definition) is 5. The van der Waals surface area contributed by atoms with Crippen LogP contribution in [-0.4, -0.2) is 34.3 Å². The molecule has 1 aliphatic carbocycles. The Balaban J connectivity index is 2.11. The first kappa shape index (κ1) is 16.0. The molecule has 0 saturated heterocycles. The second kappa shape index (κ2) is 6.60. The number of aliphatic hydroxyl groups is 1. The summed E-state index contributed by atoms with van der Waals surface area (Å²) in [5, 5.41) is 16.5. The van der Waals surface area contributed by atoms with Crippen molar-refractivity contribution in [3.8, 4) is 0 Å². The summed E-state index contributed by atoms with van der Waals surface area (Å²) >= 11 is 0. The van der Waals surface area contributed by atoms with Gasteiger partial charge in [0.15, 0.2) is 0 Å². The third-order valence-electron chi connectivity index (χ3n) is 3.92. The largest absolute Gasteiger partial charge is 0.393 e. The molecule has 1 saturated carbocycles. The van der Waals surface area contributed by atoms with E-state index >= 15 is 0 Å². The number of hydrogen-bond donors (Lipinski definition) is 3. The summed E-state index contributed by atoms with van der Waals surface area (Å²) in [6, 6.07) is 1.94. The van der Waals surface area contributed by atoms with Crippen molar-refractivity contribution in [2.45, 2.75) is 58.5 Å². The third kappa shape index (κ3) is 4.30. The molecule has 5 heteroatoms. The summed E-state index contributed by atoms with van der Waals surface area (Å²) in [4.78, 5) is 9.21. The second-order valence-electron chi connectivity index (χ2n) is 6.88. The lowest BCUT2D eigenvalue weighted by Crippen LogP contribution is -2.23. The zero-order chi connectivity index (χ0) is 15.5. The van der Waals surface area contributed by atoms with Crippen LogP contribution >= 0.6 is 0 Å². The van der Waals surface area contributed by atoms with Crippen molar-refractivity contribution in [3.63, 3.8) is 0 Å². The van der Waals surface area contributed by atoms with Gasteiger partial charge >= 0.3 is 0 Å². The highest BCUT2D eigenvalue weighted by molar-refractivity contribution is 5.48. The molecule has 2 atom stereocenters. The number of aromatic nitrogens is 2. The SMILES string of the molecule is CCNc1cc(NCC2CCCC2O)nc(C(C)(C)C)n1. The lowest BCUT2D eigenvalue weighted by atomic mass is 9.96. The van der Waals surface area contributed by atoms with Crippen LogP contribution in [0.2, 0.25) is 0 Å². The predicted molar refractivity (Wildman–Crippen MR) is 86.7 cm³/mol. The zero-order valence-electron chi connectivity index (χ0n) is 13.6. The highest BCUT2D eigenvalue weighted by Gasteiger charge is 2.25. The molecule has 1 aromatic heterocycles. The molecule has 1 aliphatic rings. The Morgan fingerprint density at radius 3 is 2.38 bits per heavy atom. The molecule has 2 rings (SSSR count). The Kier molecular flexibility index (Phi) is 5.04. The van der Waals surface area contributed by atoms with E-state index in [1.165, 1.54) is 0 Å². The first-order valence-electron chi connectivity index (χ1n) is 7.95. The van der Waals surface area contributed by atoms with E-state index in [1.54, 1.807) is 0 Å². The van der Waals surface area contributed by atoms with Crippen LogP contribution in [0.3, 0.4) is 0 Å². The Hall–Kier alpha value is -1.36. The van der Waals surface area contributed by atoms with Crippen LogP contribution < -0.4 is 10.6 Å². The first-order valence-corrected chi connectivity index (χ1v) is 7.95. The molecule has 2 unspecified atom stereocenters. The molecule has 5 nitrogen and oxygen atoms in total. The Morgan fingerprint density at radius 2 is 1.86 bits per heavy atom. The van der Waals surface area contributed by atoms with Gasteiger partial charge in [-0.25, -0.2) is 9.97 Å². The van der Waals surface area contributed by atoms with E-state index < -0.39 is 0 Å². The highest BCUT2D eigenvalue weighted by atomic mass is 16.3. The molecular weight excluding hydrogens is 264 g/mol. The van der Waals surface area contributed by atoms with Gasteiger partial charge < -0.3 is 15.7 Å². The predicted octanol–water partition coefficient (Wildman–Crippen LogP) is 2.78. The third-order valence-corrected chi connectivity index (χ3v) is 3.92. The summed E-state index contributed by atoms with van der Waals surface area (Å²) in [6.45, 7) is 10.0. The van der Waals surface area contributed by atoms with Gasteiger partial charge in [-0.3, -0.25) is 0 Å². The van der Waals surface area contributed by atoms with Crippen molar-refractivity contribution in [1.29, 1.82) is 0 Å². The van der Waals surface area contributed by atoms with Crippen LogP contribution in [0.4, 0.5) is 11.6 Å². The number of nitrogens with zero attached hydrogens (tertiary/aromatic N) is 2. The van der Waals surface area contributed by atoms with Gasteiger partial charge in [0.05, 0.1) is 6.10 Å². The Labute approximate surface area is 127 Å². The summed E-state index contributed by atoms with van der Waals surface area (Å²) in [6.07, 6.45) is 2.96. The monoisotopic (exact) mass is 292 g/mol. The molecule has 1 fully saturated rings. The van der Waals surface area contributed by atoms with Gasteiger partial charge in [0.25, 0.3) is 0 Å². The number of anilines is 2. The molecule has 1 heterocycles. The number of aliphatic hydroxyl groups excluding tert-OH is 1. The Morgan fingerprint density at radius 1 is 1.19 bits per heavy atom. The van der Waals surface area contributed by atoms with E-state index in [4.69, 9.17) is 0 Å². The van der Waals surface area contributed by atoms with Gasteiger partial charge in [-0.15, -0.1) is 0 Å². The summed E-state index contributed by atoms with van der Waals surface area (Å²) in [5.74, 6) is 2.85. The van der Waals surface area contributed by atoms with Gasteiger partial charge in [-0.1, -0.05) is 27.2 Å². The molecule has 1 aromatic rings. The van der Waals surface area contributed by atoms with Gasteiger partial charge in [0, 0.05) is 30.5 Å². The molecule has 3 N–H and O–H groups in total. The minimum absolute atomic E-state index is 0.0886. The van der Waals surface area contributed by atoms with Crippen molar-refractivity contribution in [2.75, 3.05) is 23.7 Å². The second-order valence-corrected chi connectivity index (χ2v) is 6.88. The van der Waals surface area contributed by atoms with E-state index in [2.05, 4.69) is 48.3 Å². The molecular formula is C16H28N4O. The lowest BCUT2D eigenvalue weighted by Gasteiger charge is -2.20. The van der Waals surface area contributed by atoms with Crippen molar-refractivity contribution in [1.82, 2.24) is 9.97 Å². The van der Waals surface area contributed by atoms with Gasteiger partial charge in [-0.2, -0.15) is 0 Å². The van der Waals surface area contributed by atoms with E-state index in [0.29, 0.717) is 5.92 Å². The lowest BCUT2D eigenvalue weighted by molar-refractivity contribution is 0.138. The Bertz CT molecular complexity index is 470. The van der Waals surface area contributed by atoms with Gasteiger partial charge in [0.2, 0.25) is 0 Å². The summed E-state index contributed by atoms with van der Waals surface area (Å²) in [5.41, 5.74) is -0.0886. The maximum atomic E-state index is 9.90. The minimum atomic E-state index is -0.172. The fourth-order valence-electron chi connectivity index (χ4n) is 2.64. The maximum absolute atomic E-state index is 9.90. The van der Waals surface area contributed by atoms with Crippen LogP contribution in [0.5, 0.6) is 0 Å². The van der Waals surface area contributed by atoms with Crippen molar-refractivity contribution in [2.24, 2.45) is 5.92 Å². The van der Waals surface area contributed by atoms with Crippen LogP contribution in [0, 0.1) is 5.92 Å². The molecule has 21 heavy (non-hydrogen) atoms. The molecule has 0 bridgehead atoms. The average Bonchev–Trinajstić information content (AvgIpc) is 2.81. The quantitative estimate of drug-likeness (QED) is 0.778. The normalized spacial score (nSPS) is 22.3. The van der Waals surface area contributed by atoms with E-state index in [9.17, 15) is 5.11 Å². The van der Waals surface area contributed by atoms with Crippen molar-refractivity contribution in [3.05, 3.63) is 11.9 Å². The molecule has 0 aromatic carbocycles. The number of nitrogens with one attached hydrogen (secondary N) is 2. The van der Waals surface area contributed by atoms with Gasteiger partial charge in [0.1, 0.15) is 17.5 Å². The average molecular weight is 292 g/mol. The molecule has 0 aliphatic heterocycles. The summed E-state index contributed by atoms with van der Waals surface area (Å²) in [7, 11) is 0. The molecule has 0 spiro atoms. The van der Waals surface area contributed by atoms with E-state index in [0.717, 1.165) is 49.8 Å². The number of rotatable bonds is 5. The molecule has 0 radical (unpaired) electrons. The fourth-order valence-corrected chi connectivity index (χ4v) is 2.64. The molecule has 0 amide bonds. The van der Waals surface area contributed by atoms with E-state index in [1.807, 2.05) is 6.07 Å². The van der Waals surface area contributed by atoms with Crippen molar-refractivity contribution >= 4 is 11.6 Å². The maximum Gasteiger partial charge on any atom is 0.138 e. The van der Waals surface area contributed by atoms with Gasteiger partial charge in [-0.05, 0) is 19.8 Å². The van der Waals surface area contributed by atoms with E-state index in [-0.39, 0.29) is 11.5 Å². The standard InChI is InChI=1S/C16H28N4O/c1-5-17-13-9-14(20-15(19-13)16(2,3)4)18-10-11-7-6-8-12(11)21/h9,11-12,21H,5-8,10H2,1-4H3,(H2,17,18,19,20). The smallest absolute Gasteiger partial charge is 0.138 e. The zero-order valence-corrected chi connectivity index (χ0v) is 13.6. The van der Waals surface area contributed by atoms with Crippen LogP contribution in [0.15, 0.2) is 6.07 Å². The van der Waals surface area contributed by atoms with Crippen LogP contribution in [-0.2, 0) is 5.41 Å². The fraction of sp³-hybridized carbons (Fsp3) is 0.750. The minimum Gasteiger partial charge on any atom is -0.393 e. The van der Waals surface area contributed by atoms with Crippen LogP contribution in [0.25, 0.3) is 0 Å². The highest BCUT2D eigenvalue weighted by Crippen LogP contribution is 2.26. The topological polar surface area (TPSA) is 70.1 Å². The first-order chi connectivity index (χ1) is 9.90. The molecule has 118 valence electrons. The van der Waals surface area contributed by atoms with Crippen LogP contribution in [0.1, 0.15) is 52.8 Å². The van der Waals surface area contributed by atoms with Crippen molar-refractivity contribution < 1.29 is 5.11 Å².